The minimum absolute atomic E-state index is 0.0546. The number of aryl methyl sites for hydroxylation is 1. The van der Waals surface area contributed by atoms with Gasteiger partial charge in [-0.3, -0.25) is 4.90 Å². The Morgan fingerprint density at radius 2 is 2.05 bits per heavy atom. The van der Waals surface area contributed by atoms with Crippen LogP contribution in [0.25, 0.3) is 0 Å². The average molecular weight is 260 g/mol. The molecule has 0 heterocycles. The van der Waals surface area contributed by atoms with E-state index in [1.807, 2.05) is 0 Å². The minimum atomic E-state index is 0.0546. The molecule has 0 saturated heterocycles. The molecule has 1 aromatic rings. The first kappa shape index (κ1) is 14.5. The van der Waals surface area contributed by atoms with E-state index in [0.717, 1.165) is 13.1 Å². The van der Waals surface area contributed by atoms with Gasteiger partial charge < -0.3 is 5.73 Å². The number of rotatable bonds is 5. The lowest BCUT2D eigenvalue weighted by Crippen LogP contribution is -2.55. The number of hydrogen-bond acceptors (Lipinski definition) is 2. The zero-order valence-corrected chi connectivity index (χ0v) is 12.7. The number of hydrogen-bond donors (Lipinski definition) is 1. The Morgan fingerprint density at radius 1 is 1.32 bits per heavy atom. The second kappa shape index (κ2) is 6.06. The zero-order chi connectivity index (χ0) is 13.9. The van der Waals surface area contributed by atoms with Gasteiger partial charge in [-0.25, -0.2) is 0 Å². The minimum Gasteiger partial charge on any atom is -0.328 e. The van der Waals surface area contributed by atoms with Crippen LogP contribution in [0.5, 0.6) is 0 Å². The summed E-state index contributed by atoms with van der Waals surface area (Å²) in [6.45, 7) is 8.70. The first-order valence-corrected chi connectivity index (χ1v) is 7.71. The third kappa shape index (κ3) is 2.56. The summed E-state index contributed by atoms with van der Waals surface area (Å²) < 4.78 is 0. The van der Waals surface area contributed by atoms with Crippen LogP contribution in [0.15, 0.2) is 24.3 Å². The van der Waals surface area contributed by atoms with Gasteiger partial charge in [0.25, 0.3) is 0 Å². The molecule has 1 aliphatic rings. The Bertz CT molecular complexity index is 413. The van der Waals surface area contributed by atoms with Gasteiger partial charge in [0, 0.05) is 12.6 Å². The molecule has 0 saturated carbocycles. The number of nitrogens with zero attached hydrogens (tertiary/aromatic N) is 1. The lowest BCUT2D eigenvalue weighted by atomic mass is 9.74. The summed E-state index contributed by atoms with van der Waals surface area (Å²) >= 11 is 0. The van der Waals surface area contributed by atoms with Crippen LogP contribution >= 0.6 is 0 Å². The molecule has 0 bridgehead atoms. The molecule has 1 aliphatic carbocycles. The van der Waals surface area contributed by atoms with Gasteiger partial charge in [0.15, 0.2) is 0 Å². The summed E-state index contributed by atoms with van der Waals surface area (Å²) in [5, 5.41) is 0. The summed E-state index contributed by atoms with van der Waals surface area (Å²) in [6, 6.07) is 9.44. The average Bonchev–Trinajstić information content (AvgIpc) is 2.44. The maximum absolute atomic E-state index is 6.28. The van der Waals surface area contributed by atoms with Crippen LogP contribution in [0.2, 0.25) is 0 Å². The van der Waals surface area contributed by atoms with Gasteiger partial charge in [0.1, 0.15) is 0 Å². The zero-order valence-electron chi connectivity index (χ0n) is 12.7. The second-order valence-electron chi connectivity index (χ2n) is 6.03. The van der Waals surface area contributed by atoms with Gasteiger partial charge in [0.2, 0.25) is 0 Å². The van der Waals surface area contributed by atoms with Crippen molar-refractivity contribution in [2.45, 2.75) is 58.0 Å². The fraction of sp³-hybridized carbons (Fsp3) is 0.647. The van der Waals surface area contributed by atoms with Crippen molar-refractivity contribution >= 4 is 0 Å². The molecule has 19 heavy (non-hydrogen) atoms. The molecule has 2 nitrogen and oxygen atoms in total. The third-order valence-corrected chi connectivity index (χ3v) is 4.53. The van der Waals surface area contributed by atoms with E-state index in [-0.39, 0.29) is 5.54 Å². The Kier molecular flexibility index (Phi) is 4.64. The molecule has 0 fully saturated rings. The van der Waals surface area contributed by atoms with Crippen LogP contribution in [0.3, 0.4) is 0 Å². The summed E-state index contributed by atoms with van der Waals surface area (Å²) in [4.78, 5) is 2.63. The standard InChI is InChI=1S/C17H28N2/c1-4-12-19(14(2)3)17(13-18)11-7-9-15-8-5-6-10-16(15)17/h5-6,8,10,14H,4,7,9,11-13,18H2,1-3H3. The molecule has 0 amide bonds. The highest BCUT2D eigenvalue weighted by molar-refractivity contribution is 5.37. The van der Waals surface area contributed by atoms with Gasteiger partial charge in [-0.2, -0.15) is 0 Å². The lowest BCUT2D eigenvalue weighted by molar-refractivity contribution is 0.0435. The van der Waals surface area contributed by atoms with Crippen LogP contribution < -0.4 is 5.73 Å². The molecule has 0 aliphatic heterocycles. The molecule has 0 radical (unpaired) electrons. The molecule has 106 valence electrons. The van der Waals surface area contributed by atoms with Crippen molar-refractivity contribution in [3.05, 3.63) is 35.4 Å². The summed E-state index contributed by atoms with van der Waals surface area (Å²) in [5.74, 6) is 0. The SMILES string of the molecule is CCCN(C(C)C)C1(CN)CCCc2ccccc21. The lowest BCUT2D eigenvalue weighted by Gasteiger charge is -2.49. The Labute approximate surface area is 118 Å². The maximum Gasteiger partial charge on any atom is 0.0588 e. The molecule has 2 N–H and O–H groups in total. The molecule has 0 aromatic heterocycles. The van der Waals surface area contributed by atoms with E-state index in [2.05, 4.69) is 49.9 Å². The highest BCUT2D eigenvalue weighted by Crippen LogP contribution is 2.40. The van der Waals surface area contributed by atoms with Crippen LogP contribution in [0, 0.1) is 0 Å². The molecule has 1 aromatic carbocycles. The Balaban J connectivity index is 2.48. The van der Waals surface area contributed by atoms with Crippen molar-refractivity contribution in [3.8, 4) is 0 Å². The van der Waals surface area contributed by atoms with Crippen molar-refractivity contribution in [1.82, 2.24) is 4.90 Å². The normalized spacial score (nSPS) is 22.8. The van der Waals surface area contributed by atoms with E-state index in [9.17, 15) is 0 Å². The monoisotopic (exact) mass is 260 g/mol. The van der Waals surface area contributed by atoms with Crippen molar-refractivity contribution in [1.29, 1.82) is 0 Å². The van der Waals surface area contributed by atoms with Crippen LogP contribution in [-0.4, -0.2) is 24.0 Å². The predicted molar refractivity (Wildman–Crippen MR) is 82.2 cm³/mol. The first-order valence-electron chi connectivity index (χ1n) is 7.71. The van der Waals surface area contributed by atoms with Crippen LogP contribution in [0.4, 0.5) is 0 Å². The molecule has 1 unspecified atom stereocenters. The summed E-state index contributed by atoms with van der Waals surface area (Å²) in [7, 11) is 0. The summed E-state index contributed by atoms with van der Waals surface area (Å²) in [6.07, 6.45) is 4.83. The first-order chi connectivity index (χ1) is 9.15. The van der Waals surface area contributed by atoms with Crippen LogP contribution in [-0.2, 0) is 12.0 Å². The molecule has 2 heteroatoms. The van der Waals surface area contributed by atoms with E-state index in [0.29, 0.717) is 6.04 Å². The third-order valence-electron chi connectivity index (χ3n) is 4.53. The van der Waals surface area contributed by atoms with E-state index in [4.69, 9.17) is 5.73 Å². The Hall–Kier alpha value is -0.860. The highest BCUT2D eigenvalue weighted by Gasteiger charge is 2.41. The van der Waals surface area contributed by atoms with E-state index in [1.54, 1.807) is 0 Å². The van der Waals surface area contributed by atoms with Gasteiger partial charge in [-0.15, -0.1) is 0 Å². The highest BCUT2D eigenvalue weighted by atomic mass is 15.2. The number of fused-ring (bicyclic) bond motifs is 1. The van der Waals surface area contributed by atoms with Crippen molar-refractivity contribution in [2.24, 2.45) is 5.73 Å². The van der Waals surface area contributed by atoms with Gasteiger partial charge in [-0.05, 0) is 57.2 Å². The number of nitrogens with two attached hydrogens (primary N) is 1. The maximum atomic E-state index is 6.28. The van der Waals surface area contributed by atoms with E-state index >= 15 is 0 Å². The van der Waals surface area contributed by atoms with E-state index in [1.165, 1.54) is 36.8 Å². The fourth-order valence-corrected chi connectivity index (χ4v) is 3.73. The topological polar surface area (TPSA) is 29.3 Å². The number of benzene rings is 1. The second-order valence-corrected chi connectivity index (χ2v) is 6.03. The smallest absolute Gasteiger partial charge is 0.0588 e. The van der Waals surface area contributed by atoms with Crippen molar-refractivity contribution in [2.75, 3.05) is 13.1 Å². The Morgan fingerprint density at radius 3 is 2.68 bits per heavy atom. The van der Waals surface area contributed by atoms with Crippen molar-refractivity contribution in [3.63, 3.8) is 0 Å². The van der Waals surface area contributed by atoms with Crippen molar-refractivity contribution < 1.29 is 0 Å². The molecule has 2 rings (SSSR count). The molecular formula is C17H28N2. The molecule has 1 atom stereocenters. The fourth-order valence-electron chi connectivity index (χ4n) is 3.73. The van der Waals surface area contributed by atoms with Crippen LogP contribution in [0.1, 0.15) is 51.2 Å². The predicted octanol–water partition coefficient (Wildman–Crippen LogP) is 3.30. The quantitative estimate of drug-likeness (QED) is 0.880. The summed E-state index contributed by atoms with van der Waals surface area (Å²) in [5.41, 5.74) is 9.31. The van der Waals surface area contributed by atoms with Gasteiger partial charge >= 0.3 is 0 Å². The molecular weight excluding hydrogens is 232 g/mol. The van der Waals surface area contributed by atoms with Gasteiger partial charge in [-0.1, -0.05) is 31.2 Å². The van der Waals surface area contributed by atoms with Gasteiger partial charge in [0.05, 0.1) is 5.54 Å². The molecule has 0 spiro atoms. The largest absolute Gasteiger partial charge is 0.328 e. The van der Waals surface area contributed by atoms with E-state index < -0.39 is 0 Å².